The summed E-state index contributed by atoms with van der Waals surface area (Å²) in [6.07, 6.45) is 1.39. The smallest absolute Gasteiger partial charge is 0.255 e. The van der Waals surface area contributed by atoms with Crippen LogP contribution in [0.15, 0.2) is 78.2 Å². The Bertz CT molecular complexity index is 1140. The maximum Gasteiger partial charge on any atom is 0.255 e. The lowest BCUT2D eigenvalue weighted by molar-refractivity contribution is -0.113. The van der Waals surface area contributed by atoms with Crippen LogP contribution < -0.4 is 10.6 Å². The van der Waals surface area contributed by atoms with Gasteiger partial charge in [-0.1, -0.05) is 42.1 Å². The molecule has 29 heavy (non-hydrogen) atoms. The molecule has 0 unspecified atom stereocenters. The van der Waals surface area contributed by atoms with Crippen LogP contribution in [0.4, 0.5) is 11.4 Å². The molecule has 8 heteroatoms. The average Bonchev–Trinajstić information content (AvgIpc) is 3.26. The molecular weight excluding hydrogens is 386 g/mol. The normalized spacial score (nSPS) is 10.6. The number of rotatable bonds is 6. The van der Waals surface area contributed by atoms with E-state index in [2.05, 4.69) is 25.8 Å². The summed E-state index contributed by atoms with van der Waals surface area (Å²) < 4.78 is 0. The second kappa shape index (κ2) is 8.57. The van der Waals surface area contributed by atoms with Gasteiger partial charge in [0.15, 0.2) is 5.16 Å². The first-order valence-corrected chi connectivity index (χ1v) is 9.84. The molecule has 0 saturated carbocycles. The van der Waals surface area contributed by atoms with Gasteiger partial charge in [-0.15, -0.1) is 0 Å². The van der Waals surface area contributed by atoms with Crippen molar-refractivity contribution in [3.63, 3.8) is 0 Å². The van der Waals surface area contributed by atoms with Crippen molar-refractivity contribution in [1.29, 1.82) is 0 Å². The Morgan fingerprint density at radius 3 is 2.41 bits per heavy atom. The van der Waals surface area contributed by atoms with Crippen molar-refractivity contribution in [1.82, 2.24) is 15.2 Å². The SMILES string of the molecule is O=C(CSc1ncn[nH]1)Nc1ccc(C(=O)Nc2ccc3ccccc3c2)cc1. The second-order valence-electron chi connectivity index (χ2n) is 6.22. The van der Waals surface area contributed by atoms with Crippen molar-refractivity contribution in [2.45, 2.75) is 5.16 Å². The summed E-state index contributed by atoms with van der Waals surface area (Å²) in [6.45, 7) is 0. The van der Waals surface area contributed by atoms with E-state index in [1.165, 1.54) is 18.1 Å². The van der Waals surface area contributed by atoms with E-state index in [1.807, 2.05) is 42.5 Å². The number of aromatic amines is 1. The Morgan fingerprint density at radius 1 is 0.897 bits per heavy atom. The van der Waals surface area contributed by atoms with E-state index in [9.17, 15) is 9.59 Å². The zero-order chi connectivity index (χ0) is 20.1. The van der Waals surface area contributed by atoms with Crippen LogP contribution in [0.5, 0.6) is 0 Å². The van der Waals surface area contributed by atoms with Crippen LogP contribution in [0, 0.1) is 0 Å². The topological polar surface area (TPSA) is 99.8 Å². The molecule has 4 aromatic rings. The third kappa shape index (κ3) is 4.80. The Kier molecular flexibility index (Phi) is 5.53. The number of hydrogen-bond donors (Lipinski definition) is 3. The van der Waals surface area contributed by atoms with E-state index in [-0.39, 0.29) is 17.6 Å². The molecule has 1 aromatic heterocycles. The summed E-state index contributed by atoms with van der Waals surface area (Å²) in [6, 6.07) is 20.5. The van der Waals surface area contributed by atoms with Crippen molar-refractivity contribution in [2.75, 3.05) is 16.4 Å². The van der Waals surface area contributed by atoms with Crippen LogP contribution >= 0.6 is 11.8 Å². The van der Waals surface area contributed by atoms with Crippen molar-refractivity contribution in [2.24, 2.45) is 0 Å². The van der Waals surface area contributed by atoms with Gasteiger partial charge in [0, 0.05) is 16.9 Å². The van der Waals surface area contributed by atoms with E-state index < -0.39 is 0 Å². The molecule has 2 amide bonds. The second-order valence-corrected chi connectivity index (χ2v) is 7.18. The molecule has 0 spiro atoms. The molecule has 0 aliphatic carbocycles. The molecule has 0 saturated heterocycles. The standard InChI is InChI=1S/C21H17N5O2S/c27-19(12-29-21-22-13-23-26-21)24-17-8-6-15(7-9-17)20(28)25-18-10-5-14-3-1-2-4-16(14)11-18/h1-11,13H,12H2,(H,24,27)(H,25,28)(H,22,23,26). The van der Waals surface area contributed by atoms with Gasteiger partial charge in [-0.25, -0.2) is 4.98 Å². The zero-order valence-electron chi connectivity index (χ0n) is 15.3. The molecule has 144 valence electrons. The van der Waals surface area contributed by atoms with E-state index >= 15 is 0 Å². The summed E-state index contributed by atoms with van der Waals surface area (Å²) in [4.78, 5) is 28.5. The Labute approximate surface area is 170 Å². The van der Waals surface area contributed by atoms with Gasteiger partial charge in [0.1, 0.15) is 6.33 Å². The predicted octanol–water partition coefficient (Wildman–Crippen LogP) is 3.94. The average molecular weight is 403 g/mol. The molecule has 4 rings (SSSR count). The van der Waals surface area contributed by atoms with Crippen LogP contribution in [0.2, 0.25) is 0 Å². The molecule has 0 radical (unpaired) electrons. The minimum atomic E-state index is -0.209. The molecular formula is C21H17N5O2S. The highest BCUT2D eigenvalue weighted by Gasteiger charge is 2.09. The van der Waals surface area contributed by atoms with E-state index in [1.54, 1.807) is 24.3 Å². The fourth-order valence-corrected chi connectivity index (χ4v) is 3.35. The van der Waals surface area contributed by atoms with Crippen LogP contribution in [-0.4, -0.2) is 32.7 Å². The lowest BCUT2D eigenvalue weighted by Crippen LogP contribution is -2.15. The van der Waals surface area contributed by atoms with Gasteiger partial charge in [0.25, 0.3) is 5.91 Å². The minimum absolute atomic E-state index is 0.167. The molecule has 0 fully saturated rings. The summed E-state index contributed by atoms with van der Waals surface area (Å²) in [5, 5.41) is 14.9. The molecule has 0 atom stereocenters. The molecule has 3 aromatic carbocycles. The largest absolute Gasteiger partial charge is 0.325 e. The summed E-state index contributed by atoms with van der Waals surface area (Å²) in [5.74, 6) is -0.168. The maximum atomic E-state index is 12.5. The molecule has 0 bridgehead atoms. The van der Waals surface area contributed by atoms with Crippen LogP contribution in [0.1, 0.15) is 10.4 Å². The summed E-state index contributed by atoms with van der Waals surface area (Å²) in [5.41, 5.74) is 1.86. The quantitative estimate of drug-likeness (QED) is 0.424. The summed E-state index contributed by atoms with van der Waals surface area (Å²) in [7, 11) is 0. The number of carbonyl (C=O) groups is 2. The fraction of sp³-hybridized carbons (Fsp3) is 0.0476. The molecule has 7 nitrogen and oxygen atoms in total. The van der Waals surface area contributed by atoms with Crippen LogP contribution in [-0.2, 0) is 4.79 Å². The van der Waals surface area contributed by atoms with Gasteiger partial charge in [0.05, 0.1) is 5.75 Å². The number of hydrogen-bond acceptors (Lipinski definition) is 5. The monoisotopic (exact) mass is 403 g/mol. The number of anilines is 2. The lowest BCUT2D eigenvalue weighted by atomic mass is 10.1. The number of aromatic nitrogens is 3. The van der Waals surface area contributed by atoms with Crippen LogP contribution in [0.25, 0.3) is 10.8 Å². The Hall–Kier alpha value is -3.65. The first kappa shape index (κ1) is 18.7. The number of benzene rings is 3. The Morgan fingerprint density at radius 2 is 1.66 bits per heavy atom. The van der Waals surface area contributed by atoms with Gasteiger partial charge in [-0.05, 0) is 47.2 Å². The Balaban J connectivity index is 1.35. The summed E-state index contributed by atoms with van der Waals surface area (Å²) >= 11 is 1.26. The van der Waals surface area contributed by atoms with E-state index in [0.717, 1.165) is 16.5 Å². The maximum absolute atomic E-state index is 12.5. The third-order valence-corrected chi connectivity index (χ3v) is 5.05. The van der Waals surface area contributed by atoms with E-state index in [0.29, 0.717) is 16.4 Å². The van der Waals surface area contributed by atoms with Crippen molar-refractivity contribution in [3.05, 3.63) is 78.6 Å². The molecule has 3 N–H and O–H groups in total. The predicted molar refractivity (Wildman–Crippen MR) is 114 cm³/mol. The van der Waals surface area contributed by atoms with Gasteiger partial charge >= 0.3 is 0 Å². The minimum Gasteiger partial charge on any atom is -0.325 e. The van der Waals surface area contributed by atoms with Gasteiger partial charge in [-0.2, -0.15) is 5.10 Å². The van der Waals surface area contributed by atoms with Gasteiger partial charge in [0.2, 0.25) is 5.91 Å². The number of amides is 2. The van der Waals surface area contributed by atoms with Gasteiger partial charge < -0.3 is 10.6 Å². The fourth-order valence-electron chi connectivity index (χ4n) is 2.77. The number of carbonyl (C=O) groups excluding carboxylic acids is 2. The number of thioether (sulfide) groups is 1. The van der Waals surface area contributed by atoms with Crippen molar-refractivity contribution in [3.8, 4) is 0 Å². The molecule has 1 heterocycles. The highest BCUT2D eigenvalue weighted by atomic mass is 32.2. The highest BCUT2D eigenvalue weighted by Crippen LogP contribution is 2.20. The van der Waals surface area contributed by atoms with Crippen LogP contribution in [0.3, 0.4) is 0 Å². The first-order chi connectivity index (χ1) is 14.2. The molecule has 0 aliphatic heterocycles. The van der Waals surface area contributed by atoms with E-state index in [4.69, 9.17) is 0 Å². The first-order valence-electron chi connectivity index (χ1n) is 8.85. The number of nitrogens with one attached hydrogen (secondary N) is 3. The van der Waals surface area contributed by atoms with Gasteiger partial charge in [-0.3, -0.25) is 14.7 Å². The third-order valence-electron chi connectivity index (χ3n) is 4.17. The lowest BCUT2D eigenvalue weighted by Gasteiger charge is -2.08. The number of nitrogens with zero attached hydrogens (tertiary/aromatic N) is 2. The van der Waals surface area contributed by atoms with Crippen molar-refractivity contribution >= 4 is 45.7 Å². The molecule has 0 aliphatic rings. The zero-order valence-corrected chi connectivity index (χ0v) is 16.1. The number of fused-ring (bicyclic) bond motifs is 1. The highest BCUT2D eigenvalue weighted by molar-refractivity contribution is 7.99. The van der Waals surface area contributed by atoms with Crippen molar-refractivity contribution < 1.29 is 9.59 Å². The number of H-pyrrole nitrogens is 1.